The zero-order valence-electron chi connectivity index (χ0n) is 22.3. The molecule has 206 valence electrons. The lowest BCUT2D eigenvalue weighted by Gasteiger charge is -2.27. The van der Waals surface area contributed by atoms with Crippen LogP contribution in [0.15, 0.2) is 49.2 Å². The fraction of sp³-hybridized carbons (Fsp3) is 0.370. The van der Waals surface area contributed by atoms with E-state index in [2.05, 4.69) is 21.9 Å². The molecule has 1 aliphatic heterocycles. The van der Waals surface area contributed by atoms with E-state index in [-0.39, 0.29) is 43.9 Å². The number of nitrogens with zero attached hydrogens (tertiary/aromatic N) is 5. The summed E-state index contributed by atoms with van der Waals surface area (Å²) in [5.41, 5.74) is 1.47. The summed E-state index contributed by atoms with van der Waals surface area (Å²) in [6, 6.07) is 8.01. The van der Waals surface area contributed by atoms with Crippen LogP contribution in [0, 0.1) is 6.92 Å². The number of hydrogen-bond donors (Lipinski definition) is 1. The number of pyridine rings is 1. The van der Waals surface area contributed by atoms with E-state index in [1.165, 1.54) is 11.1 Å². The van der Waals surface area contributed by atoms with Crippen LogP contribution in [-0.4, -0.2) is 74.2 Å². The van der Waals surface area contributed by atoms with Crippen LogP contribution in [0.2, 0.25) is 5.02 Å². The van der Waals surface area contributed by atoms with E-state index in [4.69, 9.17) is 21.2 Å². The molecule has 2 aromatic heterocycles. The van der Waals surface area contributed by atoms with Crippen LogP contribution in [0.1, 0.15) is 42.9 Å². The SMILES string of the molecule is C=CC(=O)N1CCN(OC(=O)OC(C)(C)C)CC(n2c(NC(=O)c3ccnc(C)c3)nc3cccc(Cl)c32)C1. The number of carbonyl (C=O) groups excluding carboxylic acids is 3. The Labute approximate surface area is 231 Å². The smallest absolute Gasteiger partial charge is 0.427 e. The number of rotatable bonds is 5. The maximum atomic E-state index is 13.2. The molecule has 1 saturated heterocycles. The largest absolute Gasteiger partial charge is 0.528 e. The van der Waals surface area contributed by atoms with E-state index in [0.29, 0.717) is 27.3 Å². The minimum absolute atomic E-state index is 0.161. The van der Waals surface area contributed by atoms with Gasteiger partial charge in [-0.15, -0.1) is 5.06 Å². The van der Waals surface area contributed by atoms with Gasteiger partial charge in [-0.1, -0.05) is 24.2 Å². The molecule has 4 rings (SSSR count). The third-order valence-electron chi connectivity index (χ3n) is 5.95. The molecule has 12 heteroatoms. The van der Waals surface area contributed by atoms with Gasteiger partial charge in [-0.3, -0.25) is 19.9 Å². The monoisotopic (exact) mass is 554 g/mol. The number of aryl methyl sites for hydroxylation is 1. The number of aromatic nitrogens is 3. The Balaban J connectivity index is 1.75. The molecular weight excluding hydrogens is 524 g/mol. The van der Waals surface area contributed by atoms with Crippen LogP contribution < -0.4 is 5.32 Å². The van der Waals surface area contributed by atoms with Crippen LogP contribution >= 0.6 is 11.6 Å². The van der Waals surface area contributed by atoms with Crippen molar-refractivity contribution in [3.63, 3.8) is 0 Å². The molecule has 1 aromatic carbocycles. The van der Waals surface area contributed by atoms with Crippen molar-refractivity contribution in [3.05, 3.63) is 65.5 Å². The number of anilines is 1. The molecule has 1 N–H and O–H groups in total. The van der Waals surface area contributed by atoms with Crippen LogP contribution in [-0.2, 0) is 14.4 Å². The van der Waals surface area contributed by atoms with Gasteiger partial charge in [0.1, 0.15) is 5.60 Å². The molecule has 0 aliphatic carbocycles. The molecule has 1 aliphatic rings. The number of nitrogens with one attached hydrogen (secondary N) is 1. The Hall–Kier alpha value is -3.96. The van der Waals surface area contributed by atoms with Gasteiger partial charge in [0, 0.05) is 30.5 Å². The van der Waals surface area contributed by atoms with Crippen molar-refractivity contribution in [3.8, 4) is 0 Å². The summed E-state index contributed by atoms with van der Waals surface area (Å²) in [6.07, 6.45) is 1.93. The van der Waals surface area contributed by atoms with Gasteiger partial charge in [0.25, 0.3) is 5.91 Å². The lowest BCUT2D eigenvalue weighted by Crippen LogP contribution is -2.36. The van der Waals surface area contributed by atoms with Gasteiger partial charge in [0.15, 0.2) is 0 Å². The molecule has 3 aromatic rings. The first-order valence-corrected chi connectivity index (χ1v) is 12.8. The lowest BCUT2D eigenvalue weighted by molar-refractivity contribution is -0.144. The standard InChI is InChI=1S/C27H31ClN6O5/c1-6-22(35)32-12-13-33(39-26(37)38-27(3,4)5)16-19(15-32)34-23-20(28)8-7-9-21(23)30-25(34)31-24(36)18-10-11-29-17(2)14-18/h6-11,14,19H,1,12-13,15-16H2,2-5H3,(H,30,31,36). The van der Waals surface area contributed by atoms with Crippen LogP contribution in [0.4, 0.5) is 10.7 Å². The molecule has 0 spiro atoms. The third kappa shape index (κ3) is 6.73. The molecule has 0 radical (unpaired) electrons. The van der Waals surface area contributed by atoms with Crippen molar-refractivity contribution in [2.75, 3.05) is 31.5 Å². The maximum Gasteiger partial charge on any atom is 0.528 e. The minimum Gasteiger partial charge on any atom is -0.427 e. The number of benzene rings is 1. The summed E-state index contributed by atoms with van der Waals surface area (Å²) in [5, 5.41) is 4.73. The van der Waals surface area contributed by atoms with Crippen molar-refractivity contribution in [1.82, 2.24) is 24.5 Å². The zero-order chi connectivity index (χ0) is 28.3. The van der Waals surface area contributed by atoms with E-state index in [0.717, 1.165) is 0 Å². The van der Waals surface area contributed by atoms with Crippen molar-refractivity contribution >= 4 is 46.6 Å². The topological polar surface area (TPSA) is 119 Å². The van der Waals surface area contributed by atoms with E-state index in [1.807, 2.05) is 0 Å². The summed E-state index contributed by atoms with van der Waals surface area (Å²) < 4.78 is 7.09. The van der Waals surface area contributed by atoms with Crippen molar-refractivity contribution < 1.29 is 24.0 Å². The second-order valence-electron chi connectivity index (χ2n) is 10.1. The molecule has 3 heterocycles. The van der Waals surface area contributed by atoms with Gasteiger partial charge in [-0.2, -0.15) is 0 Å². The van der Waals surface area contributed by atoms with E-state index < -0.39 is 17.8 Å². The number of carbonyl (C=O) groups is 3. The molecular formula is C27H31ClN6O5. The Bertz CT molecular complexity index is 1420. The molecule has 11 nitrogen and oxygen atoms in total. The number of ether oxygens (including phenoxy) is 1. The molecule has 1 fully saturated rings. The summed E-state index contributed by atoms with van der Waals surface area (Å²) in [4.78, 5) is 54.3. The first kappa shape index (κ1) is 28.1. The van der Waals surface area contributed by atoms with Gasteiger partial charge >= 0.3 is 6.16 Å². The summed E-state index contributed by atoms with van der Waals surface area (Å²) in [6.45, 7) is 11.5. The Morgan fingerprint density at radius 2 is 1.95 bits per heavy atom. The second kappa shape index (κ2) is 11.4. The van der Waals surface area contributed by atoms with Crippen molar-refractivity contribution in [1.29, 1.82) is 0 Å². The molecule has 39 heavy (non-hydrogen) atoms. The van der Waals surface area contributed by atoms with Crippen LogP contribution in [0.5, 0.6) is 0 Å². The van der Waals surface area contributed by atoms with Gasteiger partial charge in [0.2, 0.25) is 11.9 Å². The number of para-hydroxylation sites is 1. The number of fused-ring (bicyclic) bond motifs is 1. The number of hydrogen-bond acceptors (Lipinski definition) is 8. The Morgan fingerprint density at radius 3 is 2.64 bits per heavy atom. The van der Waals surface area contributed by atoms with Gasteiger partial charge in [-0.05, 0) is 58.0 Å². The highest BCUT2D eigenvalue weighted by Crippen LogP contribution is 2.32. The van der Waals surface area contributed by atoms with Crippen LogP contribution in [0.25, 0.3) is 11.0 Å². The third-order valence-corrected chi connectivity index (χ3v) is 6.26. The average Bonchev–Trinajstić information content (AvgIpc) is 3.10. The minimum atomic E-state index is -0.861. The van der Waals surface area contributed by atoms with E-state index >= 15 is 0 Å². The first-order chi connectivity index (χ1) is 18.4. The molecule has 0 saturated carbocycles. The summed E-state index contributed by atoms with van der Waals surface area (Å²) >= 11 is 6.63. The number of imidazole rings is 1. The molecule has 1 unspecified atom stereocenters. The fourth-order valence-corrected chi connectivity index (χ4v) is 4.58. The fourth-order valence-electron chi connectivity index (χ4n) is 4.32. The quantitative estimate of drug-likeness (QED) is 0.364. The highest BCUT2D eigenvalue weighted by Gasteiger charge is 2.32. The van der Waals surface area contributed by atoms with Crippen molar-refractivity contribution in [2.45, 2.75) is 39.3 Å². The zero-order valence-corrected chi connectivity index (χ0v) is 23.1. The maximum absolute atomic E-state index is 13.2. The molecule has 2 amide bonds. The van der Waals surface area contributed by atoms with E-state index in [9.17, 15) is 14.4 Å². The number of halogens is 1. The Kier molecular flexibility index (Phi) is 8.22. The summed E-state index contributed by atoms with van der Waals surface area (Å²) in [7, 11) is 0. The Morgan fingerprint density at radius 1 is 1.18 bits per heavy atom. The normalized spacial score (nSPS) is 16.4. The van der Waals surface area contributed by atoms with Gasteiger partial charge in [0.05, 0.1) is 35.2 Å². The van der Waals surface area contributed by atoms with Crippen molar-refractivity contribution in [2.24, 2.45) is 0 Å². The average molecular weight is 555 g/mol. The number of hydroxylamine groups is 2. The highest BCUT2D eigenvalue weighted by atomic mass is 35.5. The van der Waals surface area contributed by atoms with Gasteiger partial charge < -0.3 is 19.0 Å². The number of amides is 2. The first-order valence-electron chi connectivity index (χ1n) is 12.4. The highest BCUT2D eigenvalue weighted by molar-refractivity contribution is 6.35. The van der Waals surface area contributed by atoms with E-state index in [1.54, 1.807) is 73.7 Å². The molecule has 1 atom stereocenters. The summed E-state index contributed by atoms with van der Waals surface area (Å²) in [5.74, 6) is -0.442. The molecule has 0 bridgehead atoms. The lowest BCUT2D eigenvalue weighted by atomic mass is 10.2. The van der Waals surface area contributed by atoms with Crippen LogP contribution in [0.3, 0.4) is 0 Å². The predicted molar refractivity (Wildman–Crippen MR) is 146 cm³/mol. The predicted octanol–water partition coefficient (Wildman–Crippen LogP) is 4.38. The second-order valence-corrected chi connectivity index (χ2v) is 10.5. The van der Waals surface area contributed by atoms with Gasteiger partial charge in [-0.25, -0.2) is 9.78 Å².